The van der Waals surface area contributed by atoms with Crippen molar-refractivity contribution < 1.29 is 17.6 Å². The maximum Gasteiger partial charge on any atom is 0.323 e. The van der Waals surface area contributed by atoms with Crippen LogP contribution >= 0.6 is 0 Å². The minimum absolute atomic E-state index is 0.0804. The van der Waals surface area contributed by atoms with Crippen molar-refractivity contribution in [3.05, 3.63) is 53.6 Å². The molecule has 2 aliphatic heterocycles. The Bertz CT molecular complexity index is 1080. The Balaban J connectivity index is 1.39. The van der Waals surface area contributed by atoms with Crippen LogP contribution < -0.4 is 10.6 Å². The van der Waals surface area contributed by atoms with E-state index < -0.39 is 22.1 Å². The first-order chi connectivity index (χ1) is 14.7. The van der Waals surface area contributed by atoms with E-state index in [1.54, 1.807) is 35.6 Å². The molecule has 0 spiro atoms. The highest BCUT2D eigenvalue weighted by Crippen LogP contribution is 2.26. The fourth-order valence-electron chi connectivity index (χ4n) is 3.92. The van der Waals surface area contributed by atoms with E-state index in [2.05, 4.69) is 20.5 Å². The molecule has 0 saturated carbocycles. The van der Waals surface area contributed by atoms with Gasteiger partial charge in [-0.1, -0.05) is 6.07 Å². The van der Waals surface area contributed by atoms with Crippen molar-refractivity contribution in [2.24, 2.45) is 0 Å². The fourth-order valence-corrected chi connectivity index (χ4v) is 5.46. The molecule has 1 atom stereocenters. The first-order valence-corrected chi connectivity index (χ1v) is 11.4. The minimum Gasteiger partial charge on any atom is -0.306 e. The second-order valence-electron chi connectivity index (χ2n) is 7.87. The van der Waals surface area contributed by atoms with Gasteiger partial charge >= 0.3 is 6.03 Å². The lowest BCUT2D eigenvalue weighted by atomic mass is 10.1. The summed E-state index contributed by atoms with van der Waals surface area (Å²) in [5.41, 5.74) is 2.25. The Morgan fingerprint density at radius 3 is 2.74 bits per heavy atom. The zero-order chi connectivity index (χ0) is 22.2. The average Bonchev–Trinajstić information content (AvgIpc) is 2.94. The fraction of sp³-hybridized carbons (Fsp3) is 0.400. The summed E-state index contributed by atoms with van der Waals surface area (Å²) in [7, 11) is -1.75. The number of likely N-dealkylation sites (N-methyl/N-ethyl adjacent to an activating group) is 1. The van der Waals surface area contributed by atoms with E-state index in [0.29, 0.717) is 38.4 Å². The summed E-state index contributed by atoms with van der Waals surface area (Å²) >= 11 is 0. The molecule has 31 heavy (non-hydrogen) atoms. The number of hydrogen-bond acceptors (Lipinski definition) is 5. The summed E-state index contributed by atoms with van der Waals surface area (Å²) in [5.74, 6) is -0.533. The third kappa shape index (κ3) is 4.69. The summed E-state index contributed by atoms with van der Waals surface area (Å²) in [6, 6.07) is 7.44. The highest BCUT2D eigenvalue weighted by atomic mass is 32.2. The number of benzene rings is 1. The van der Waals surface area contributed by atoms with Gasteiger partial charge in [0.15, 0.2) is 0 Å². The SMILES string of the molecule is Cc1ccc(NC(=O)Nc2cc(CN3CCN4[C@@H](C3)CN(C)S4(=O)=O)ccc2F)cn1. The third-order valence-corrected chi connectivity index (χ3v) is 7.54. The zero-order valence-electron chi connectivity index (χ0n) is 17.4. The molecule has 166 valence electrons. The molecule has 2 aliphatic rings. The van der Waals surface area contributed by atoms with Gasteiger partial charge in [-0.25, -0.2) is 9.18 Å². The topological polar surface area (TPSA) is 97.9 Å². The number of carbonyl (C=O) groups is 1. The van der Waals surface area contributed by atoms with E-state index >= 15 is 0 Å². The van der Waals surface area contributed by atoms with Crippen molar-refractivity contribution in [2.45, 2.75) is 19.5 Å². The quantitative estimate of drug-likeness (QED) is 0.744. The van der Waals surface area contributed by atoms with Crippen molar-refractivity contribution >= 4 is 27.6 Å². The summed E-state index contributed by atoms with van der Waals surface area (Å²) in [5, 5.41) is 5.16. The Morgan fingerprint density at radius 1 is 1.19 bits per heavy atom. The van der Waals surface area contributed by atoms with E-state index in [1.807, 2.05) is 6.92 Å². The first-order valence-electron chi connectivity index (χ1n) is 9.97. The Hall–Kier alpha value is -2.60. The molecule has 2 aromatic rings. The number of pyridine rings is 1. The van der Waals surface area contributed by atoms with Crippen molar-refractivity contribution in [3.8, 4) is 0 Å². The molecule has 9 nitrogen and oxygen atoms in total. The van der Waals surface area contributed by atoms with E-state index in [1.165, 1.54) is 16.6 Å². The predicted octanol–water partition coefficient (Wildman–Crippen LogP) is 1.85. The van der Waals surface area contributed by atoms with E-state index in [9.17, 15) is 17.6 Å². The molecular formula is C20H25FN6O3S. The van der Waals surface area contributed by atoms with Crippen molar-refractivity contribution in [1.29, 1.82) is 0 Å². The van der Waals surface area contributed by atoms with Crippen LogP contribution in [0.25, 0.3) is 0 Å². The van der Waals surface area contributed by atoms with Gasteiger partial charge in [0.2, 0.25) is 0 Å². The second-order valence-corrected chi connectivity index (χ2v) is 9.86. The normalized spacial score (nSPS) is 21.6. The van der Waals surface area contributed by atoms with Crippen LogP contribution in [0.1, 0.15) is 11.3 Å². The molecule has 1 aromatic heterocycles. The van der Waals surface area contributed by atoms with E-state index in [0.717, 1.165) is 11.3 Å². The van der Waals surface area contributed by atoms with Gasteiger partial charge in [0.1, 0.15) is 5.82 Å². The monoisotopic (exact) mass is 448 g/mol. The lowest BCUT2D eigenvalue weighted by Gasteiger charge is -2.35. The molecule has 0 aliphatic carbocycles. The molecule has 0 radical (unpaired) electrons. The first kappa shape index (κ1) is 21.6. The predicted molar refractivity (Wildman–Crippen MR) is 115 cm³/mol. The van der Waals surface area contributed by atoms with Crippen molar-refractivity contribution in [2.75, 3.05) is 43.9 Å². The molecule has 11 heteroatoms. The molecule has 3 heterocycles. The van der Waals surface area contributed by atoms with Gasteiger partial charge in [0.05, 0.1) is 23.6 Å². The Morgan fingerprint density at radius 2 is 2.00 bits per heavy atom. The number of urea groups is 1. The van der Waals surface area contributed by atoms with Gasteiger partial charge in [0.25, 0.3) is 10.2 Å². The van der Waals surface area contributed by atoms with Crippen LogP contribution in [-0.4, -0.2) is 72.2 Å². The number of nitrogens with zero attached hydrogens (tertiary/aromatic N) is 4. The van der Waals surface area contributed by atoms with Crippen LogP contribution in [0.15, 0.2) is 36.5 Å². The van der Waals surface area contributed by atoms with Gasteiger partial charge in [-0.3, -0.25) is 9.88 Å². The zero-order valence-corrected chi connectivity index (χ0v) is 18.2. The molecule has 1 aromatic carbocycles. The molecular weight excluding hydrogens is 423 g/mol. The van der Waals surface area contributed by atoms with Gasteiger partial charge in [-0.15, -0.1) is 0 Å². The number of halogens is 1. The molecule has 2 N–H and O–H groups in total. The highest BCUT2D eigenvalue weighted by Gasteiger charge is 2.44. The standard InChI is InChI=1S/C20H25FN6O3S/c1-14-3-5-16(10-22-14)23-20(28)24-19-9-15(4-6-18(19)21)11-26-7-8-27-17(13-26)12-25(2)31(27,29)30/h3-6,9-10,17H,7-8,11-13H2,1-2H3,(H2,23,24,28)/t17-/m1/s1. The van der Waals surface area contributed by atoms with Crippen molar-refractivity contribution in [3.63, 3.8) is 0 Å². The largest absolute Gasteiger partial charge is 0.323 e. The average molecular weight is 449 g/mol. The number of hydrogen-bond donors (Lipinski definition) is 2. The van der Waals surface area contributed by atoms with Gasteiger partial charge in [-0.2, -0.15) is 17.0 Å². The number of piperazine rings is 1. The van der Waals surface area contributed by atoms with Crippen LogP contribution in [0.3, 0.4) is 0 Å². The number of anilines is 2. The van der Waals surface area contributed by atoms with Crippen LogP contribution in [0, 0.1) is 12.7 Å². The lowest BCUT2D eigenvalue weighted by Crippen LogP contribution is -2.51. The Labute approximate surface area is 181 Å². The van der Waals surface area contributed by atoms with Crippen LogP contribution in [-0.2, 0) is 16.8 Å². The van der Waals surface area contributed by atoms with Crippen LogP contribution in [0.2, 0.25) is 0 Å². The summed E-state index contributed by atoms with van der Waals surface area (Å²) in [4.78, 5) is 18.5. The molecule has 2 amide bonds. The molecule has 2 saturated heterocycles. The third-order valence-electron chi connectivity index (χ3n) is 5.53. The molecule has 2 fully saturated rings. The maximum absolute atomic E-state index is 14.3. The minimum atomic E-state index is -3.34. The molecule has 0 unspecified atom stereocenters. The lowest BCUT2D eigenvalue weighted by molar-refractivity contribution is 0.140. The maximum atomic E-state index is 14.3. The number of amides is 2. The molecule has 4 rings (SSSR count). The number of rotatable bonds is 4. The molecule has 0 bridgehead atoms. The smallest absolute Gasteiger partial charge is 0.306 e. The Kier molecular flexibility index (Phi) is 5.93. The summed E-state index contributed by atoms with van der Waals surface area (Å²) in [6.45, 7) is 4.45. The number of aromatic nitrogens is 1. The van der Waals surface area contributed by atoms with Gasteiger partial charge in [0, 0.05) is 45.5 Å². The number of carbonyl (C=O) groups excluding carboxylic acids is 1. The van der Waals surface area contributed by atoms with E-state index in [-0.39, 0.29) is 11.7 Å². The summed E-state index contributed by atoms with van der Waals surface area (Å²) < 4.78 is 41.7. The summed E-state index contributed by atoms with van der Waals surface area (Å²) in [6.07, 6.45) is 1.53. The van der Waals surface area contributed by atoms with Crippen LogP contribution in [0.4, 0.5) is 20.6 Å². The van der Waals surface area contributed by atoms with Gasteiger partial charge in [-0.05, 0) is 36.8 Å². The van der Waals surface area contributed by atoms with E-state index in [4.69, 9.17) is 0 Å². The highest BCUT2D eigenvalue weighted by molar-refractivity contribution is 7.87. The van der Waals surface area contributed by atoms with Gasteiger partial charge < -0.3 is 10.6 Å². The van der Waals surface area contributed by atoms with Crippen molar-refractivity contribution in [1.82, 2.24) is 18.5 Å². The second kappa shape index (κ2) is 8.50. The number of aryl methyl sites for hydroxylation is 1. The number of nitrogens with one attached hydrogen (secondary N) is 2. The number of fused-ring (bicyclic) bond motifs is 1. The van der Waals surface area contributed by atoms with Crippen LogP contribution in [0.5, 0.6) is 0 Å².